The number of hydrogen-bond donors (Lipinski definition) is 3. The van der Waals surface area contributed by atoms with Gasteiger partial charge in [0.15, 0.2) is 5.69 Å². The van der Waals surface area contributed by atoms with E-state index < -0.39 is 0 Å². The Morgan fingerprint density at radius 2 is 1.09 bits per heavy atom. The normalized spacial score (nSPS) is 11.2. The molecule has 8 aromatic carbocycles. The number of H-pyrrole nitrogens is 3. The van der Waals surface area contributed by atoms with Gasteiger partial charge in [-0.15, -0.1) is 0 Å². The Hall–Kier alpha value is -7.58. The number of aromatic nitrogens is 4. The van der Waals surface area contributed by atoms with E-state index in [4.69, 9.17) is 11.8 Å². The van der Waals surface area contributed by atoms with Crippen LogP contribution in [-0.4, -0.2) is 19.5 Å². The topological polar surface area (TPSA) is 80.4 Å². The molecule has 4 aromatic heterocycles. The van der Waals surface area contributed by atoms with E-state index in [0.717, 1.165) is 32.2 Å². The maximum Gasteiger partial charge on any atom is 0.189 e. The molecule has 3 N–H and O–H groups in total. The third kappa shape index (κ3) is 5.77. The highest BCUT2D eigenvalue weighted by atomic mass is 79.9. The molecule has 0 radical (unpaired) electrons. The van der Waals surface area contributed by atoms with Gasteiger partial charge in [0.2, 0.25) is 0 Å². The molecule has 0 aliphatic carbocycles. The van der Waals surface area contributed by atoms with E-state index in [1.54, 1.807) is 12.1 Å². The van der Waals surface area contributed by atoms with Crippen LogP contribution in [0.5, 0.6) is 0 Å². The first-order chi connectivity index (χ1) is 28.1. The van der Waals surface area contributed by atoms with Crippen molar-refractivity contribution in [3.05, 3.63) is 191 Å². The Balaban J connectivity index is 0.000000118. The van der Waals surface area contributed by atoms with Gasteiger partial charge in [-0.2, -0.15) is 5.26 Å². The van der Waals surface area contributed by atoms with Crippen LogP contribution in [0.2, 0.25) is 0 Å². The van der Waals surface area contributed by atoms with Crippen LogP contribution in [0.4, 0.5) is 5.69 Å². The fraction of sp³-hybridized carbons (Fsp3) is 0. The third-order valence-electron chi connectivity index (χ3n) is 10.6. The summed E-state index contributed by atoms with van der Waals surface area (Å²) in [5.41, 5.74) is 11.7. The van der Waals surface area contributed by atoms with Crippen molar-refractivity contribution in [3.8, 4) is 11.8 Å². The quantitative estimate of drug-likeness (QED) is 0.142. The lowest BCUT2D eigenvalue weighted by Crippen LogP contribution is -1.92. The number of aromatic amines is 3. The van der Waals surface area contributed by atoms with Crippen LogP contribution < -0.4 is 0 Å². The van der Waals surface area contributed by atoms with Gasteiger partial charge in [-0.05, 0) is 66.7 Å². The highest BCUT2D eigenvalue weighted by Gasteiger charge is 2.17. The van der Waals surface area contributed by atoms with Gasteiger partial charge < -0.3 is 19.5 Å². The van der Waals surface area contributed by atoms with Crippen molar-refractivity contribution in [1.82, 2.24) is 19.5 Å². The summed E-state index contributed by atoms with van der Waals surface area (Å²) in [5.74, 6) is 0. The molecule has 0 aliphatic rings. The number of nitrogens with zero attached hydrogens (tertiary/aromatic N) is 3. The summed E-state index contributed by atoms with van der Waals surface area (Å²) in [6.45, 7) is 7.37. The number of para-hydroxylation sites is 4. The van der Waals surface area contributed by atoms with Gasteiger partial charge in [0.05, 0.1) is 40.3 Å². The third-order valence-corrected chi connectivity index (χ3v) is 11.1. The van der Waals surface area contributed by atoms with E-state index >= 15 is 0 Å². The number of nitriles is 1. The largest absolute Gasteiger partial charge is 0.354 e. The molecule has 7 heteroatoms. The number of benzene rings is 8. The first-order valence-electron chi connectivity index (χ1n) is 18.6. The van der Waals surface area contributed by atoms with E-state index in [2.05, 4.69) is 168 Å². The van der Waals surface area contributed by atoms with Gasteiger partial charge in [-0.3, -0.25) is 0 Å². The van der Waals surface area contributed by atoms with Crippen LogP contribution in [0.15, 0.2) is 174 Å². The van der Waals surface area contributed by atoms with Gasteiger partial charge in [0, 0.05) is 75.3 Å². The number of hydrogen-bond acceptors (Lipinski definition) is 1. The average molecular weight is 796 g/mol. The highest BCUT2D eigenvalue weighted by molar-refractivity contribution is 9.10. The molecule has 0 aliphatic heterocycles. The second kappa shape index (κ2) is 13.9. The molecule has 0 fully saturated rings. The Morgan fingerprint density at radius 3 is 1.75 bits per heavy atom. The molecule has 0 atom stereocenters. The maximum atomic E-state index is 8.39. The molecule has 0 spiro atoms. The van der Waals surface area contributed by atoms with Crippen molar-refractivity contribution in [3.63, 3.8) is 0 Å². The van der Waals surface area contributed by atoms with E-state index in [9.17, 15) is 0 Å². The smallest absolute Gasteiger partial charge is 0.189 e. The minimum Gasteiger partial charge on any atom is -0.354 e. The van der Waals surface area contributed by atoms with E-state index in [-0.39, 0.29) is 0 Å². The van der Waals surface area contributed by atoms with Crippen molar-refractivity contribution < 1.29 is 0 Å². The highest BCUT2D eigenvalue weighted by Crippen LogP contribution is 2.39. The van der Waals surface area contributed by atoms with Crippen LogP contribution in [0.3, 0.4) is 0 Å². The molecule has 0 saturated heterocycles. The average Bonchev–Trinajstić information content (AvgIpc) is 4.02. The molecule has 0 saturated carbocycles. The lowest BCUT2D eigenvalue weighted by Gasteiger charge is -2.08. The van der Waals surface area contributed by atoms with Gasteiger partial charge in [-0.25, -0.2) is 4.85 Å². The molecule has 268 valence electrons. The Kier molecular flexibility index (Phi) is 8.29. The standard InChI is InChI=1S/C25H15N3.C18H12N2.C7H4BrN/c1-26-16-7-6-8-17(15-16)28-22-12-5-3-10-20(22)24-23(28)14-13-19-18-9-2-4-11-21(18)27-25(19)24;1-3-7-14-11(5-1)12-9-10-16-17(18(12)20-14)13-6-2-4-8-15(13)19-16;8-7-3-1-2-6(4-7)5-9/h2-15,27H;1-10,19-20H;1-4H. The number of rotatable bonds is 1. The van der Waals surface area contributed by atoms with Gasteiger partial charge in [0.25, 0.3) is 0 Å². The molecular formula is C50H31BrN6. The molecule has 12 aromatic rings. The van der Waals surface area contributed by atoms with Crippen molar-refractivity contribution in [2.45, 2.75) is 0 Å². The summed E-state index contributed by atoms with van der Waals surface area (Å²) in [7, 11) is 0. The molecule has 12 rings (SSSR count). The van der Waals surface area contributed by atoms with Crippen LogP contribution >= 0.6 is 15.9 Å². The van der Waals surface area contributed by atoms with E-state index in [1.165, 1.54) is 65.2 Å². The summed E-state index contributed by atoms with van der Waals surface area (Å²) in [6, 6.07) is 59.8. The van der Waals surface area contributed by atoms with E-state index in [1.807, 2.05) is 36.4 Å². The summed E-state index contributed by atoms with van der Waals surface area (Å²) in [5, 5.41) is 18.4. The van der Waals surface area contributed by atoms with Crippen molar-refractivity contribution >= 4 is 109 Å². The zero-order chi connectivity index (χ0) is 38.5. The predicted molar refractivity (Wildman–Crippen MR) is 240 cm³/mol. The minimum absolute atomic E-state index is 0.648. The lowest BCUT2D eigenvalue weighted by molar-refractivity contribution is 1.18. The monoisotopic (exact) mass is 794 g/mol. The minimum atomic E-state index is 0.648. The number of halogens is 1. The van der Waals surface area contributed by atoms with Crippen molar-refractivity contribution in [2.24, 2.45) is 0 Å². The van der Waals surface area contributed by atoms with Crippen LogP contribution in [0.25, 0.3) is 97.8 Å². The molecule has 0 unspecified atom stereocenters. The molecule has 6 nitrogen and oxygen atoms in total. The number of nitrogens with one attached hydrogen (secondary N) is 3. The Morgan fingerprint density at radius 1 is 0.491 bits per heavy atom. The summed E-state index contributed by atoms with van der Waals surface area (Å²) < 4.78 is 3.20. The zero-order valence-corrected chi connectivity index (χ0v) is 32.0. The van der Waals surface area contributed by atoms with Gasteiger partial charge in [0.1, 0.15) is 0 Å². The van der Waals surface area contributed by atoms with Crippen molar-refractivity contribution in [1.29, 1.82) is 5.26 Å². The fourth-order valence-electron chi connectivity index (χ4n) is 8.17. The summed E-state index contributed by atoms with van der Waals surface area (Å²) in [6.07, 6.45) is 0. The van der Waals surface area contributed by atoms with Gasteiger partial charge in [-0.1, -0.05) is 119 Å². The second-order valence-electron chi connectivity index (χ2n) is 13.9. The van der Waals surface area contributed by atoms with Crippen LogP contribution in [0, 0.1) is 17.9 Å². The predicted octanol–water partition coefficient (Wildman–Crippen LogP) is 14.2. The summed E-state index contributed by atoms with van der Waals surface area (Å²) >= 11 is 3.25. The first-order valence-corrected chi connectivity index (χ1v) is 19.3. The number of fused-ring (bicyclic) bond motifs is 14. The molecule has 0 amide bonds. The zero-order valence-electron chi connectivity index (χ0n) is 30.4. The Labute approximate surface area is 335 Å². The van der Waals surface area contributed by atoms with Gasteiger partial charge >= 0.3 is 0 Å². The van der Waals surface area contributed by atoms with Crippen LogP contribution in [-0.2, 0) is 0 Å². The van der Waals surface area contributed by atoms with Crippen LogP contribution in [0.1, 0.15) is 5.56 Å². The van der Waals surface area contributed by atoms with Crippen molar-refractivity contribution in [2.75, 3.05) is 0 Å². The summed E-state index contributed by atoms with van der Waals surface area (Å²) in [4.78, 5) is 14.3. The Bertz CT molecular complexity index is 3580. The first kappa shape index (κ1) is 33.9. The molecule has 0 bridgehead atoms. The molecular weight excluding hydrogens is 764 g/mol. The second-order valence-corrected chi connectivity index (χ2v) is 14.8. The van der Waals surface area contributed by atoms with E-state index in [0.29, 0.717) is 11.3 Å². The lowest BCUT2D eigenvalue weighted by atomic mass is 10.1. The molecule has 4 heterocycles. The molecule has 57 heavy (non-hydrogen) atoms. The SMILES string of the molecule is N#Cc1cccc(Br)c1.[C-]#[N+]c1cccc(-n2c3ccccc3c3c4[nH]c5ccccc5c4ccc32)c1.c1ccc2c(c1)[nH]c1c2ccc2[nH]c3ccccc3c21. The maximum absolute atomic E-state index is 8.39. The fourth-order valence-corrected chi connectivity index (χ4v) is 8.57.